The third-order valence-electron chi connectivity index (χ3n) is 4.47. The van der Waals surface area contributed by atoms with Gasteiger partial charge in [-0.3, -0.25) is 9.59 Å². The number of halogens is 2. The van der Waals surface area contributed by atoms with Crippen molar-refractivity contribution < 1.29 is 18.4 Å². The molecule has 1 heterocycles. The van der Waals surface area contributed by atoms with Crippen molar-refractivity contribution in [3.8, 4) is 0 Å². The van der Waals surface area contributed by atoms with Crippen molar-refractivity contribution in [2.45, 2.75) is 32.2 Å². The van der Waals surface area contributed by atoms with Crippen LogP contribution in [-0.4, -0.2) is 43.4 Å². The van der Waals surface area contributed by atoms with Gasteiger partial charge in [-0.1, -0.05) is 6.07 Å². The minimum Gasteiger partial charge on any atom is -0.349 e. The van der Waals surface area contributed by atoms with Crippen LogP contribution in [-0.2, 0) is 9.59 Å². The van der Waals surface area contributed by atoms with Gasteiger partial charge < -0.3 is 15.5 Å². The molecule has 5 nitrogen and oxygen atoms in total. The minimum absolute atomic E-state index is 0.163. The van der Waals surface area contributed by atoms with E-state index in [-0.39, 0.29) is 17.9 Å². The molecule has 0 aliphatic carbocycles. The summed E-state index contributed by atoms with van der Waals surface area (Å²) in [7, 11) is 1.87. The summed E-state index contributed by atoms with van der Waals surface area (Å²) >= 11 is 0. The minimum atomic E-state index is -1.02. The lowest BCUT2D eigenvalue weighted by Crippen LogP contribution is -2.44. The van der Waals surface area contributed by atoms with Gasteiger partial charge in [0.05, 0.1) is 12.5 Å². The van der Waals surface area contributed by atoms with Crippen LogP contribution < -0.4 is 10.6 Å². The average Bonchev–Trinajstić information content (AvgIpc) is 2.54. The van der Waals surface area contributed by atoms with Crippen molar-refractivity contribution in [1.82, 2.24) is 15.5 Å². The van der Waals surface area contributed by atoms with E-state index in [9.17, 15) is 18.4 Å². The van der Waals surface area contributed by atoms with Gasteiger partial charge in [0, 0.05) is 25.6 Å². The number of carbonyl (C=O) groups is 2. The molecule has 1 aliphatic rings. The Morgan fingerprint density at radius 2 is 2.00 bits per heavy atom. The quantitative estimate of drug-likeness (QED) is 0.822. The van der Waals surface area contributed by atoms with E-state index in [1.165, 1.54) is 13.0 Å². The lowest BCUT2D eigenvalue weighted by Gasteiger charge is -2.34. The van der Waals surface area contributed by atoms with Crippen LogP contribution in [0.15, 0.2) is 18.2 Å². The second kappa shape index (κ2) is 8.89. The molecule has 0 aromatic heterocycles. The average molecular weight is 353 g/mol. The van der Waals surface area contributed by atoms with E-state index in [2.05, 4.69) is 10.6 Å². The summed E-state index contributed by atoms with van der Waals surface area (Å²) in [5.74, 6) is -1.81. The zero-order valence-electron chi connectivity index (χ0n) is 14.6. The molecule has 0 radical (unpaired) electrons. The molecule has 2 N–H and O–H groups in total. The van der Waals surface area contributed by atoms with Gasteiger partial charge in [0.15, 0.2) is 0 Å². The number of benzene rings is 1. The third kappa shape index (κ3) is 5.22. The molecule has 0 spiro atoms. The topological polar surface area (TPSA) is 61.4 Å². The first-order valence-corrected chi connectivity index (χ1v) is 8.55. The number of amides is 2. The summed E-state index contributed by atoms with van der Waals surface area (Å²) in [6.07, 6.45) is 1.78. The van der Waals surface area contributed by atoms with Gasteiger partial charge in [-0.25, -0.2) is 8.78 Å². The first-order chi connectivity index (χ1) is 11.9. The molecule has 1 aromatic rings. The van der Waals surface area contributed by atoms with Gasteiger partial charge in [0.2, 0.25) is 11.8 Å². The monoisotopic (exact) mass is 353 g/mol. The molecule has 25 heavy (non-hydrogen) atoms. The standard InChI is InChI=1S/C18H25F2N3O2/c1-12(24)22-16(18-14(19)6-3-7-15(18)20)9-17(25)23-8-4-5-13(11-23)10-21-2/h3,6-7,13,16,21H,4-5,8-11H2,1-2H3,(H,22,24)/t13-,16-/m0/s1. The molecular formula is C18H25F2N3O2. The Kier molecular flexibility index (Phi) is 6.87. The number of piperidine rings is 1. The second-order valence-corrected chi connectivity index (χ2v) is 6.50. The zero-order chi connectivity index (χ0) is 18.4. The smallest absolute Gasteiger partial charge is 0.225 e. The Morgan fingerprint density at radius 3 is 2.60 bits per heavy atom. The molecule has 2 atom stereocenters. The first kappa shape index (κ1) is 19.3. The highest BCUT2D eigenvalue weighted by Crippen LogP contribution is 2.25. The van der Waals surface area contributed by atoms with Crippen LogP contribution in [0.3, 0.4) is 0 Å². The van der Waals surface area contributed by atoms with Crippen LogP contribution in [0.25, 0.3) is 0 Å². The van der Waals surface area contributed by atoms with Gasteiger partial charge in [-0.2, -0.15) is 0 Å². The van der Waals surface area contributed by atoms with Crippen molar-refractivity contribution >= 4 is 11.8 Å². The van der Waals surface area contributed by atoms with Crippen LogP contribution in [0.5, 0.6) is 0 Å². The van der Waals surface area contributed by atoms with Crippen molar-refractivity contribution in [1.29, 1.82) is 0 Å². The van der Waals surface area contributed by atoms with E-state index in [0.29, 0.717) is 19.0 Å². The largest absolute Gasteiger partial charge is 0.349 e. The predicted molar refractivity (Wildman–Crippen MR) is 90.8 cm³/mol. The maximum atomic E-state index is 14.1. The van der Waals surface area contributed by atoms with E-state index < -0.39 is 23.6 Å². The van der Waals surface area contributed by atoms with Gasteiger partial charge in [0.1, 0.15) is 11.6 Å². The maximum Gasteiger partial charge on any atom is 0.225 e. The van der Waals surface area contributed by atoms with E-state index >= 15 is 0 Å². The summed E-state index contributed by atoms with van der Waals surface area (Å²) in [5.41, 5.74) is -0.269. The Balaban J connectivity index is 2.14. The fraction of sp³-hybridized carbons (Fsp3) is 0.556. The Morgan fingerprint density at radius 1 is 1.32 bits per heavy atom. The van der Waals surface area contributed by atoms with Crippen molar-refractivity contribution in [3.63, 3.8) is 0 Å². The molecule has 2 rings (SSSR count). The molecular weight excluding hydrogens is 328 g/mol. The molecule has 1 saturated heterocycles. The SMILES string of the molecule is CNC[C@@H]1CCCN(C(=O)C[C@H](NC(C)=O)c2c(F)cccc2F)C1. The summed E-state index contributed by atoms with van der Waals surface area (Å²) in [6.45, 7) is 3.33. The number of hydrogen-bond acceptors (Lipinski definition) is 3. The fourth-order valence-corrected chi connectivity index (χ4v) is 3.36. The third-order valence-corrected chi connectivity index (χ3v) is 4.47. The Bertz CT molecular complexity index is 602. The van der Waals surface area contributed by atoms with E-state index in [1.807, 2.05) is 7.05 Å². The van der Waals surface area contributed by atoms with Crippen LogP contribution >= 0.6 is 0 Å². The number of nitrogens with zero attached hydrogens (tertiary/aromatic N) is 1. The van der Waals surface area contributed by atoms with Gasteiger partial charge in [-0.05, 0) is 44.5 Å². The lowest BCUT2D eigenvalue weighted by molar-refractivity contribution is -0.133. The number of rotatable bonds is 6. The predicted octanol–water partition coefficient (Wildman–Crippen LogP) is 1.99. The van der Waals surface area contributed by atoms with Crippen LogP contribution in [0.4, 0.5) is 8.78 Å². The molecule has 1 aliphatic heterocycles. The summed E-state index contributed by atoms with van der Waals surface area (Å²) in [6, 6.07) is 2.49. The highest BCUT2D eigenvalue weighted by molar-refractivity contribution is 5.79. The molecule has 0 bridgehead atoms. The van der Waals surface area contributed by atoms with Gasteiger partial charge in [0.25, 0.3) is 0 Å². The van der Waals surface area contributed by atoms with Crippen molar-refractivity contribution in [3.05, 3.63) is 35.4 Å². The second-order valence-electron chi connectivity index (χ2n) is 6.50. The number of hydrogen-bond donors (Lipinski definition) is 2. The fourth-order valence-electron chi connectivity index (χ4n) is 3.36. The summed E-state index contributed by atoms with van der Waals surface area (Å²) in [5, 5.41) is 5.62. The molecule has 1 fully saturated rings. The highest BCUT2D eigenvalue weighted by Gasteiger charge is 2.28. The highest BCUT2D eigenvalue weighted by atomic mass is 19.1. The van der Waals surface area contributed by atoms with Crippen LogP contribution in [0.2, 0.25) is 0 Å². The first-order valence-electron chi connectivity index (χ1n) is 8.55. The lowest BCUT2D eigenvalue weighted by atomic mass is 9.96. The number of likely N-dealkylation sites (tertiary alicyclic amines) is 1. The Labute approximate surface area is 146 Å². The van der Waals surface area contributed by atoms with Gasteiger partial charge in [-0.15, -0.1) is 0 Å². The van der Waals surface area contributed by atoms with E-state index in [0.717, 1.165) is 31.5 Å². The van der Waals surface area contributed by atoms with E-state index in [4.69, 9.17) is 0 Å². The van der Waals surface area contributed by atoms with Gasteiger partial charge >= 0.3 is 0 Å². The number of carbonyl (C=O) groups excluding carboxylic acids is 2. The van der Waals surface area contributed by atoms with Crippen LogP contribution in [0.1, 0.15) is 37.8 Å². The maximum absolute atomic E-state index is 14.1. The Hall–Kier alpha value is -2.02. The number of nitrogens with one attached hydrogen (secondary N) is 2. The normalized spacial score (nSPS) is 18.7. The van der Waals surface area contributed by atoms with E-state index in [1.54, 1.807) is 4.90 Å². The van der Waals surface area contributed by atoms with Crippen molar-refractivity contribution in [2.75, 3.05) is 26.7 Å². The molecule has 7 heteroatoms. The molecule has 1 aromatic carbocycles. The molecule has 138 valence electrons. The molecule has 0 unspecified atom stereocenters. The zero-order valence-corrected chi connectivity index (χ0v) is 14.6. The molecule has 2 amide bonds. The summed E-state index contributed by atoms with van der Waals surface area (Å²) in [4.78, 5) is 25.8. The molecule has 0 saturated carbocycles. The summed E-state index contributed by atoms with van der Waals surface area (Å²) < 4.78 is 28.2. The van der Waals surface area contributed by atoms with Crippen LogP contribution in [0, 0.1) is 17.6 Å². The van der Waals surface area contributed by atoms with Crippen molar-refractivity contribution in [2.24, 2.45) is 5.92 Å².